The second kappa shape index (κ2) is 5.10. The summed E-state index contributed by atoms with van der Waals surface area (Å²) in [6, 6.07) is 2.84. The van der Waals surface area contributed by atoms with E-state index in [0.29, 0.717) is 10.6 Å². The number of sulfonamides is 1. The third kappa shape index (κ3) is 2.46. The van der Waals surface area contributed by atoms with Crippen LogP contribution in [0.1, 0.15) is 5.56 Å². The number of halogens is 3. The highest BCUT2D eigenvalue weighted by Crippen LogP contribution is 2.33. The molecule has 1 aromatic carbocycles. The lowest BCUT2D eigenvalue weighted by Gasteiger charge is -2.14. The summed E-state index contributed by atoms with van der Waals surface area (Å²) in [6.45, 7) is 0. The molecule has 0 amide bonds. The average Bonchev–Trinajstić information content (AvgIpc) is 2.17. The smallest absolute Gasteiger partial charge is 0.207 e. The Hall–Kier alpha value is -0.000000000000000167. The Bertz CT molecular complexity index is 500. The summed E-state index contributed by atoms with van der Waals surface area (Å²) in [7, 11) is -0.710. The van der Waals surface area contributed by atoms with Crippen LogP contribution in [0, 0.1) is 0 Å². The number of hydrogen-bond donors (Lipinski definition) is 0. The van der Waals surface area contributed by atoms with E-state index in [9.17, 15) is 8.42 Å². The Morgan fingerprint density at radius 1 is 1.25 bits per heavy atom. The van der Waals surface area contributed by atoms with Crippen LogP contribution in [0.4, 0.5) is 0 Å². The Labute approximate surface area is 110 Å². The molecule has 0 heterocycles. The Kier molecular flexibility index (Phi) is 4.49. The number of nitrogens with zero attached hydrogens (tertiary/aromatic N) is 1. The van der Waals surface area contributed by atoms with Crippen molar-refractivity contribution in [3.8, 4) is 0 Å². The van der Waals surface area contributed by atoms with E-state index in [2.05, 4.69) is 0 Å². The van der Waals surface area contributed by atoms with E-state index in [-0.39, 0.29) is 15.8 Å². The molecule has 90 valence electrons. The molecule has 0 N–H and O–H groups in total. The van der Waals surface area contributed by atoms with Crippen molar-refractivity contribution in [2.45, 2.75) is 10.8 Å². The van der Waals surface area contributed by atoms with Gasteiger partial charge in [0.1, 0.15) is 4.90 Å². The molecule has 0 aliphatic heterocycles. The zero-order valence-corrected chi connectivity index (χ0v) is 11.8. The van der Waals surface area contributed by atoms with Crippen LogP contribution < -0.4 is 0 Å². The highest BCUT2D eigenvalue weighted by molar-refractivity contribution is 7.89. The Morgan fingerprint density at radius 2 is 1.81 bits per heavy atom. The summed E-state index contributed by atoms with van der Waals surface area (Å²) < 4.78 is 24.9. The van der Waals surface area contributed by atoms with Crippen molar-refractivity contribution in [3.63, 3.8) is 0 Å². The number of rotatable bonds is 3. The van der Waals surface area contributed by atoms with Crippen molar-refractivity contribution in [3.05, 3.63) is 27.7 Å². The molecular weight excluding hydrogens is 293 g/mol. The van der Waals surface area contributed by atoms with Gasteiger partial charge >= 0.3 is 0 Å². The first-order valence-electron chi connectivity index (χ1n) is 4.27. The van der Waals surface area contributed by atoms with Crippen molar-refractivity contribution >= 4 is 44.8 Å². The van der Waals surface area contributed by atoms with E-state index < -0.39 is 10.0 Å². The van der Waals surface area contributed by atoms with Gasteiger partial charge in [-0.15, -0.1) is 11.6 Å². The van der Waals surface area contributed by atoms with Gasteiger partial charge in [-0.1, -0.05) is 23.2 Å². The number of alkyl halides is 1. The van der Waals surface area contributed by atoms with Crippen molar-refractivity contribution < 1.29 is 8.42 Å². The molecule has 0 spiro atoms. The van der Waals surface area contributed by atoms with E-state index in [1.165, 1.54) is 26.2 Å². The van der Waals surface area contributed by atoms with Gasteiger partial charge in [-0.25, -0.2) is 12.7 Å². The quantitative estimate of drug-likeness (QED) is 0.805. The monoisotopic (exact) mass is 301 g/mol. The predicted molar refractivity (Wildman–Crippen MR) is 66.9 cm³/mol. The normalized spacial score (nSPS) is 12.1. The summed E-state index contributed by atoms with van der Waals surface area (Å²) in [5, 5.41) is 0.439. The van der Waals surface area contributed by atoms with Gasteiger partial charge in [0.25, 0.3) is 0 Å². The summed E-state index contributed by atoms with van der Waals surface area (Å²) in [5.74, 6) is 0.0639. The zero-order valence-electron chi connectivity index (χ0n) is 8.67. The first-order valence-corrected chi connectivity index (χ1v) is 7.00. The van der Waals surface area contributed by atoms with Crippen LogP contribution in [0.25, 0.3) is 0 Å². The minimum absolute atomic E-state index is 0.0132. The van der Waals surface area contributed by atoms with Gasteiger partial charge in [0.05, 0.1) is 10.9 Å². The van der Waals surface area contributed by atoms with Crippen LogP contribution in [-0.4, -0.2) is 26.8 Å². The Balaban J connectivity index is 3.50. The molecule has 16 heavy (non-hydrogen) atoms. The van der Waals surface area contributed by atoms with E-state index >= 15 is 0 Å². The molecule has 0 fully saturated rings. The third-order valence-electron chi connectivity index (χ3n) is 2.04. The maximum absolute atomic E-state index is 11.9. The van der Waals surface area contributed by atoms with Gasteiger partial charge in [-0.2, -0.15) is 0 Å². The van der Waals surface area contributed by atoms with Crippen LogP contribution in [0.5, 0.6) is 0 Å². The SMILES string of the molecule is CN(C)S(=O)(=O)c1ccc(Cl)c(CCl)c1Cl. The lowest BCUT2D eigenvalue weighted by molar-refractivity contribution is 0.520. The molecule has 7 heteroatoms. The first-order chi connectivity index (χ1) is 7.32. The maximum Gasteiger partial charge on any atom is 0.244 e. The fourth-order valence-corrected chi connectivity index (χ4v) is 3.29. The topological polar surface area (TPSA) is 37.4 Å². The minimum Gasteiger partial charge on any atom is -0.207 e. The molecule has 0 aliphatic carbocycles. The number of benzene rings is 1. The van der Waals surface area contributed by atoms with Crippen LogP contribution in [0.15, 0.2) is 17.0 Å². The molecular formula is C9H10Cl3NO2S. The van der Waals surface area contributed by atoms with Gasteiger partial charge in [-0.3, -0.25) is 0 Å². The van der Waals surface area contributed by atoms with Crippen molar-refractivity contribution in [2.75, 3.05) is 14.1 Å². The van der Waals surface area contributed by atoms with Gasteiger partial charge < -0.3 is 0 Å². The summed E-state index contributed by atoms with van der Waals surface area (Å²) in [5.41, 5.74) is 0.424. The summed E-state index contributed by atoms with van der Waals surface area (Å²) >= 11 is 17.5. The Morgan fingerprint density at radius 3 is 2.25 bits per heavy atom. The van der Waals surface area contributed by atoms with E-state index in [4.69, 9.17) is 34.8 Å². The molecule has 0 aromatic heterocycles. The molecule has 0 saturated carbocycles. The van der Waals surface area contributed by atoms with Crippen molar-refractivity contribution in [1.82, 2.24) is 4.31 Å². The molecule has 1 aromatic rings. The second-order valence-electron chi connectivity index (χ2n) is 3.26. The van der Waals surface area contributed by atoms with E-state index in [0.717, 1.165) is 4.31 Å². The van der Waals surface area contributed by atoms with Gasteiger partial charge in [0, 0.05) is 24.7 Å². The fourth-order valence-electron chi connectivity index (χ4n) is 1.09. The predicted octanol–water partition coefficient (Wildman–Crippen LogP) is 2.98. The largest absolute Gasteiger partial charge is 0.244 e. The molecule has 1 rings (SSSR count). The molecule has 0 saturated heterocycles. The molecule has 3 nitrogen and oxygen atoms in total. The standard InChI is InChI=1S/C9H10Cl3NO2S/c1-13(2)16(14,15)8-4-3-7(11)6(5-10)9(8)12/h3-4H,5H2,1-2H3. The summed E-state index contributed by atoms with van der Waals surface area (Å²) in [6.07, 6.45) is 0. The van der Waals surface area contributed by atoms with Gasteiger partial charge in [-0.05, 0) is 12.1 Å². The minimum atomic E-state index is -3.57. The summed E-state index contributed by atoms with van der Waals surface area (Å²) in [4.78, 5) is 0.0132. The van der Waals surface area contributed by atoms with E-state index in [1.54, 1.807) is 0 Å². The van der Waals surface area contributed by atoms with Crippen molar-refractivity contribution in [2.24, 2.45) is 0 Å². The highest BCUT2D eigenvalue weighted by atomic mass is 35.5. The van der Waals surface area contributed by atoms with Crippen LogP contribution in [0.3, 0.4) is 0 Å². The molecule has 0 atom stereocenters. The lowest BCUT2D eigenvalue weighted by Crippen LogP contribution is -2.22. The third-order valence-corrected chi connectivity index (χ3v) is 5.07. The zero-order chi connectivity index (χ0) is 12.5. The van der Waals surface area contributed by atoms with Gasteiger partial charge in [0.15, 0.2) is 0 Å². The van der Waals surface area contributed by atoms with Crippen LogP contribution in [0.2, 0.25) is 10.0 Å². The van der Waals surface area contributed by atoms with Crippen LogP contribution >= 0.6 is 34.8 Å². The maximum atomic E-state index is 11.9. The first kappa shape index (κ1) is 14.1. The van der Waals surface area contributed by atoms with Gasteiger partial charge in [0.2, 0.25) is 10.0 Å². The lowest BCUT2D eigenvalue weighted by atomic mass is 10.2. The second-order valence-corrected chi connectivity index (χ2v) is 6.43. The molecule has 0 aliphatic rings. The van der Waals surface area contributed by atoms with Crippen molar-refractivity contribution in [1.29, 1.82) is 0 Å². The van der Waals surface area contributed by atoms with Crippen LogP contribution in [-0.2, 0) is 15.9 Å². The fraction of sp³-hybridized carbons (Fsp3) is 0.333. The highest BCUT2D eigenvalue weighted by Gasteiger charge is 2.23. The molecule has 0 radical (unpaired) electrons. The van der Waals surface area contributed by atoms with E-state index in [1.807, 2.05) is 0 Å². The average molecular weight is 303 g/mol. The number of hydrogen-bond acceptors (Lipinski definition) is 2. The molecule has 0 unspecified atom stereocenters. The molecule has 0 bridgehead atoms.